The molecule has 2 N–H and O–H groups in total. The molecule has 0 aromatic heterocycles. The van der Waals surface area contributed by atoms with Crippen LogP contribution in [0.1, 0.15) is 19.8 Å². The summed E-state index contributed by atoms with van der Waals surface area (Å²) in [7, 11) is 0. The summed E-state index contributed by atoms with van der Waals surface area (Å²) in [6, 6.07) is 0. The zero-order chi connectivity index (χ0) is 5.98. The molecule has 0 aliphatic carbocycles. The van der Waals surface area contributed by atoms with E-state index < -0.39 is 0 Å². The minimum atomic E-state index is 0.398. The molecular weight excluding hydrogens is 102 g/mol. The fourth-order valence-electron chi connectivity index (χ4n) is 0.925. The van der Waals surface area contributed by atoms with E-state index in [0.717, 1.165) is 0 Å². The molecule has 0 bridgehead atoms. The Morgan fingerprint density at radius 2 is 2.25 bits per heavy atom. The molecule has 0 aromatic rings. The molecule has 2 nitrogen and oxygen atoms in total. The quantitative estimate of drug-likeness (QED) is 0.544. The highest BCUT2D eigenvalue weighted by molar-refractivity contribution is 4.84. The van der Waals surface area contributed by atoms with Crippen LogP contribution in [0.2, 0.25) is 0 Å². The maximum atomic E-state index is 5.33. The van der Waals surface area contributed by atoms with Crippen molar-refractivity contribution < 1.29 is 4.74 Å². The second-order valence-corrected chi connectivity index (χ2v) is 2.24. The summed E-state index contributed by atoms with van der Waals surface area (Å²) in [5.74, 6) is 0. The van der Waals surface area contributed by atoms with Gasteiger partial charge < -0.3 is 10.5 Å². The molecular formula is C6H13NO. The van der Waals surface area contributed by atoms with Crippen LogP contribution in [0.25, 0.3) is 0 Å². The zero-order valence-electron chi connectivity index (χ0n) is 5.26. The highest BCUT2D eigenvalue weighted by atomic mass is 16.6. The third kappa shape index (κ3) is 1.20. The summed E-state index contributed by atoms with van der Waals surface area (Å²) >= 11 is 0. The summed E-state index contributed by atoms with van der Waals surface area (Å²) in [5, 5.41) is 0. The van der Waals surface area contributed by atoms with Crippen molar-refractivity contribution >= 4 is 0 Å². The SMILES string of the molecule is CCCC1OC1CN. The van der Waals surface area contributed by atoms with E-state index in [2.05, 4.69) is 6.92 Å². The van der Waals surface area contributed by atoms with Crippen molar-refractivity contribution in [3.05, 3.63) is 0 Å². The van der Waals surface area contributed by atoms with Crippen LogP contribution < -0.4 is 5.73 Å². The molecule has 1 fully saturated rings. The van der Waals surface area contributed by atoms with Crippen LogP contribution in [0.4, 0.5) is 0 Å². The summed E-state index contributed by atoms with van der Waals surface area (Å²) in [6.07, 6.45) is 3.29. The smallest absolute Gasteiger partial charge is 0.0963 e. The highest BCUT2D eigenvalue weighted by Crippen LogP contribution is 2.24. The lowest BCUT2D eigenvalue weighted by Crippen LogP contribution is -2.08. The summed E-state index contributed by atoms with van der Waals surface area (Å²) in [5.41, 5.74) is 5.33. The lowest BCUT2D eigenvalue weighted by atomic mass is 10.2. The van der Waals surface area contributed by atoms with Crippen LogP contribution in [0.3, 0.4) is 0 Å². The van der Waals surface area contributed by atoms with Crippen LogP contribution in [-0.4, -0.2) is 18.8 Å². The zero-order valence-corrected chi connectivity index (χ0v) is 5.26. The van der Waals surface area contributed by atoms with Crippen LogP contribution in [0, 0.1) is 0 Å². The minimum Gasteiger partial charge on any atom is -0.368 e. The predicted molar refractivity (Wildman–Crippen MR) is 32.6 cm³/mol. The Morgan fingerprint density at radius 1 is 1.50 bits per heavy atom. The molecule has 1 saturated heterocycles. The molecule has 2 atom stereocenters. The first-order valence-electron chi connectivity index (χ1n) is 3.24. The third-order valence-corrected chi connectivity index (χ3v) is 1.49. The fraction of sp³-hybridized carbons (Fsp3) is 1.00. The first-order chi connectivity index (χ1) is 3.88. The molecule has 1 heterocycles. The molecule has 0 radical (unpaired) electrons. The summed E-state index contributed by atoms with van der Waals surface area (Å²) < 4.78 is 5.18. The number of epoxide rings is 1. The van der Waals surface area contributed by atoms with Gasteiger partial charge in [0, 0.05) is 6.54 Å². The van der Waals surface area contributed by atoms with Gasteiger partial charge in [-0.15, -0.1) is 0 Å². The van der Waals surface area contributed by atoms with E-state index >= 15 is 0 Å². The summed E-state index contributed by atoms with van der Waals surface area (Å²) in [4.78, 5) is 0. The number of rotatable bonds is 3. The van der Waals surface area contributed by atoms with Crippen molar-refractivity contribution in [1.29, 1.82) is 0 Å². The lowest BCUT2D eigenvalue weighted by molar-refractivity contribution is 0.364. The summed E-state index contributed by atoms with van der Waals surface area (Å²) in [6.45, 7) is 2.86. The van der Waals surface area contributed by atoms with E-state index in [9.17, 15) is 0 Å². The van der Waals surface area contributed by atoms with Crippen LogP contribution >= 0.6 is 0 Å². The van der Waals surface area contributed by atoms with Gasteiger partial charge in [0.05, 0.1) is 12.2 Å². The Balaban J connectivity index is 1.99. The monoisotopic (exact) mass is 115 g/mol. The van der Waals surface area contributed by atoms with Crippen LogP contribution in [-0.2, 0) is 4.74 Å². The second kappa shape index (κ2) is 2.46. The van der Waals surface area contributed by atoms with Crippen molar-refractivity contribution in [3.63, 3.8) is 0 Å². The van der Waals surface area contributed by atoms with Gasteiger partial charge in [-0.3, -0.25) is 0 Å². The van der Waals surface area contributed by atoms with Crippen molar-refractivity contribution in [2.24, 2.45) is 5.73 Å². The van der Waals surface area contributed by atoms with E-state index in [0.29, 0.717) is 18.8 Å². The molecule has 0 aromatic carbocycles. The highest BCUT2D eigenvalue weighted by Gasteiger charge is 2.35. The van der Waals surface area contributed by atoms with Gasteiger partial charge in [0.25, 0.3) is 0 Å². The molecule has 48 valence electrons. The maximum absolute atomic E-state index is 5.33. The number of nitrogens with two attached hydrogens (primary N) is 1. The largest absolute Gasteiger partial charge is 0.368 e. The van der Waals surface area contributed by atoms with E-state index in [1.165, 1.54) is 12.8 Å². The molecule has 1 rings (SSSR count). The van der Waals surface area contributed by atoms with E-state index in [4.69, 9.17) is 10.5 Å². The van der Waals surface area contributed by atoms with Gasteiger partial charge >= 0.3 is 0 Å². The van der Waals surface area contributed by atoms with Crippen molar-refractivity contribution in [3.8, 4) is 0 Å². The Bertz CT molecular complexity index is 74.9. The molecule has 2 unspecified atom stereocenters. The van der Waals surface area contributed by atoms with Gasteiger partial charge in [-0.25, -0.2) is 0 Å². The number of hydrogen-bond acceptors (Lipinski definition) is 2. The fourth-order valence-corrected chi connectivity index (χ4v) is 0.925. The van der Waals surface area contributed by atoms with Crippen LogP contribution in [0.15, 0.2) is 0 Å². The molecule has 2 heteroatoms. The Kier molecular flexibility index (Phi) is 1.86. The van der Waals surface area contributed by atoms with E-state index in [-0.39, 0.29) is 0 Å². The third-order valence-electron chi connectivity index (χ3n) is 1.49. The van der Waals surface area contributed by atoms with Gasteiger partial charge in [0.15, 0.2) is 0 Å². The molecule has 0 amide bonds. The topological polar surface area (TPSA) is 38.5 Å². The average Bonchev–Trinajstić information content (AvgIpc) is 2.48. The first kappa shape index (κ1) is 6.05. The van der Waals surface area contributed by atoms with Gasteiger partial charge in [0.2, 0.25) is 0 Å². The molecule has 0 spiro atoms. The second-order valence-electron chi connectivity index (χ2n) is 2.24. The Hall–Kier alpha value is -0.0800. The molecule has 8 heavy (non-hydrogen) atoms. The maximum Gasteiger partial charge on any atom is 0.0963 e. The number of ether oxygens (including phenoxy) is 1. The van der Waals surface area contributed by atoms with Crippen LogP contribution in [0.5, 0.6) is 0 Å². The predicted octanol–water partition coefficient (Wildman–Crippen LogP) is 0.513. The van der Waals surface area contributed by atoms with Gasteiger partial charge in [0.1, 0.15) is 0 Å². The first-order valence-corrected chi connectivity index (χ1v) is 3.24. The molecule has 1 aliphatic heterocycles. The van der Waals surface area contributed by atoms with Gasteiger partial charge in [-0.2, -0.15) is 0 Å². The standard InChI is InChI=1S/C6H13NO/c1-2-3-5-6(4-7)8-5/h5-6H,2-4,7H2,1H3. The molecule has 1 aliphatic rings. The Morgan fingerprint density at radius 3 is 2.62 bits per heavy atom. The lowest BCUT2D eigenvalue weighted by Gasteiger charge is -1.84. The normalized spacial score (nSPS) is 35.2. The van der Waals surface area contributed by atoms with Crippen molar-refractivity contribution in [2.75, 3.05) is 6.54 Å². The van der Waals surface area contributed by atoms with E-state index in [1.54, 1.807) is 0 Å². The van der Waals surface area contributed by atoms with E-state index in [1.807, 2.05) is 0 Å². The average molecular weight is 115 g/mol. The Labute approximate surface area is 50.0 Å². The number of hydrogen-bond donors (Lipinski definition) is 1. The minimum absolute atomic E-state index is 0.398. The van der Waals surface area contributed by atoms with Crippen molar-refractivity contribution in [1.82, 2.24) is 0 Å². The molecule has 0 saturated carbocycles. The van der Waals surface area contributed by atoms with Gasteiger partial charge in [-0.1, -0.05) is 13.3 Å². The van der Waals surface area contributed by atoms with Gasteiger partial charge in [-0.05, 0) is 6.42 Å². The van der Waals surface area contributed by atoms with Crippen molar-refractivity contribution in [2.45, 2.75) is 32.0 Å².